The van der Waals surface area contributed by atoms with Gasteiger partial charge >= 0.3 is 0 Å². The van der Waals surface area contributed by atoms with Crippen LogP contribution in [0.4, 0.5) is 15.8 Å². The Morgan fingerprint density at radius 2 is 1.60 bits per heavy atom. The van der Waals surface area contributed by atoms with Gasteiger partial charge in [0.25, 0.3) is 0 Å². The number of ketones is 1. The van der Waals surface area contributed by atoms with Crippen molar-refractivity contribution in [2.45, 2.75) is 24.8 Å². The van der Waals surface area contributed by atoms with Crippen LogP contribution in [0.3, 0.4) is 0 Å². The number of rotatable bonds is 2. The highest BCUT2D eigenvalue weighted by Gasteiger charge is 2.37. The summed E-state index contributed by atoms with van der Waals surface area (Å²) in [5.74, 6) is -0.349. The number of carbonyl (C=O) groups excluding carboxylic acids is 1. The average Bonchev–Trinajstić information content (AvgIpc) is 2.91. The maximum Gasteiger partial charge on any atom is 0.163 e. The van der Waals surface area contributed by atoms with E-state index < -0.39 is 11.9 Å². The Hall–Kier alpha value is -3.11. The highest BCUT2D eigenvalue weighted by atomic mass is 35.5. The second kappa shape index (κ2) is 7.62. The van der Waals surface area contributed by atoms with Crippen LogP contribution in [-0.2, 0) is 4.79 Å². The summed E-state index contributed by atoms with van der Waals surface area (Å²) in [4.78, 5) is 13.4. The molecule has 0 spiro atoms. The van der Waals surface area contributed by atoms with Gasteiger partial charge in [-0.3, -0.25) is 4.79 Å². The molecule has 3 nitrogen and oxygen atoms in total. The van der Waals surface area contributed by atoms with Crippen LogP contribution in [0.25, 0.3) is 0 Å². The van der Waals surface area contributed by atoms with Crippen molar-refractivity contribution >= 4 is 28.8 Å². The Morgan fingerprint density at radius 3 is 2.37 bits per heavy atom. The zero-order chi connectivity index (χ0) is 20.7. The summed E-state index contributed by atoms with van der Waals surface area (Å²) in [5, 5.41) is 7.14. The van der Waals surface area contributed by atoms with Gasteiger partial charge in [0.15, 0.2) is 5.78 Å². The minimum absolute atomic E-state index is 0.00206. The van der Waals surface area contributed by atoms with Gasteiger partial charge in [-0.1, -0.05) is 60.1 Å². The van der Waals surface area contributed by atoms with Gasteiger partial charge in [0.05, 0.1) is 17.4 Å². The third-order valence-electron chi connectivity index (χ3n) is 5.87. The molecular weight excluding hydrogens is 399 g/mol. The molecule has 0 saturated heterocycles. The molecular formula is C25H20ClFN2O. The first-order valence-corrected chi connectivity index (χ1v) is 10.4. The predicted octanol–water partition coefficient (Wildman–Crippen LogP) is 6.46. The first-order valence-electron chi connectivity index (χ1n) is 9.99. The van der Waals surface area contributed by atoms with E-state index in [4.69, 9.17) is 11.6 Å². The topological polar surface area (TPSA) is 41.1 Å². The quantitative estimate of drug-likeness (QED) is 0.501. The molecule has 0 unspecified atom stereocenters. The summed E-state index contributed by atoms with van der Waals surface area (Å²) in [5.41, 5.74) is 4.48. The Kier molecular flexibility index (Phi) is 4.80. The first kappa shape index (κ1) is 18.9. The lowest BCUT2D eigenvalue weighted by molar-refractivity contribution is -0.116. The van der Waals surface area contributed by atoms with Gasteiger partial charge in [-0.15, -0.1) is 0 Å². The average molecular weight is 419 g/mol. The highest BCUT2D eigenvalue weighted by Crippen LogP contribution is 2.45. The number of fused-ring (bicyclic) bond motifs is 1. The number of carbonyl (C=O) groups is 1. The highest BCUT2D eigenvalue weighted by molar-refractivity contribution is 6.31. The van der Waals surface area contributed by atoms with E-state index in [9.17, 15) is 9.18 Å². The maximum atomic E-state index is 14.9. The molecule has 0 saturated carbocycles. The fourth-order valence-corrected chi connectivity index (χ4v) is 4.73. The van der Waals surface area contributed by atoms with Crippen molar-refractivity contribution in [1.82, 2.24) is 0 Å². The van der Waals surface area contributed by atoms with Gasteiger partial charge < -0.3 is 10.6 Å². The molecule has 3 aromatic rings. The molecule has 1 aliphatic heterocycles. The van der Waals surface area contributed by atoms with E-state index in [2.05, 4.69) is 22.8 Å². The van der Waals surface area contributed by atoms with Gasteiger partial charge in [0.2, 0.25) is 0 Å². The van der Waals surface area contributed by atoms with Crippen molar-refractivity contribution in [1.29, 1.82) is 0 Å². The fourth-order valence-electron chi connectivity index (χ4n) is 4.46. The van der Waals surface area contributed by atoms with Crippen LogP contribution < -0.4 is 10.6 Å². The van der Waals surface area contributed by atoms with Crippen LogP contribution in [0.1, 0.15) is 35.9 Å². The zero-order valence-electron chi connectivity index (χ0n) is 16.2. The van der Waals surface area contributed by atoms with E-state index in [1.807, 2.05) is 42.5 Å². The third-order valence-corrected chi connectivity index (χ3v) is 6.20. The standard InChI is InChI=1S/C25H20ClFN2O/c26-17-9-6-10-18(27)23(17)25-24-21(28-19-11-4-5-12-20(19)29-25)13-16(14-22(24)30)15-7-2-1-3-8-15/h1-12,16,25,28-29H,13-14H2/t16-,25+/m1/s1. The number of para-hydroxylation sites is 2. The summed E-state index contributed by atoms with van der Waals surface area (Å²) in [6, 6.07) is 21.7. The number of anilines is 2. The van der Waals surface area contributed by atoms with E-state index in [-0.39, 0.29) is 11.7 Å². The van der Waals surface area contributed by atoms with Crippen LogP contribution in [-0.4, -0.2) is 5.78 Å². The lowest BCUT2D eigenvalue weighted by Gasteiger charge is -2.30. The number of benzene rings is 3. The summed E-state index contributed by atoms with van der Waals surface area (Å²) in [6.07, 6.45) is 1.05. The summed E-state index contributed by atoms with van der Waals surface area (Å²) in [6.45, 7) is 0. The van der Waals surface area contributed by atoms with E-state index in [1.54, 1.807) is 12.1 Å². The molecule has 3 aromatic carbocycles. The van der Waals surface area contributed by atoms with Crippen LogP contribution in [0.15, 0.2) is 84.1 Å². The lowest BCUT2D eigenvalue weighted by atomic mass is 9.78. The summed E-state index contributed by atoms with van der Waals surface area (Å²) in [7, 11) is 0. The van der Waals surface area contributed by atoms with Crippen molar-refractivity contribution in [3.8, 4) is 0 Å². The number of hydrogen-bond donors (Lipinski definition) is 2. The molecule has 0 bridgehead atoms. The van der Waals surface area contributed by atoms with E-state index >= 15 is 0 Å². The van der Waals surface area contributed by atoms with E-state index in [0.29, 0.717) is 29.0 Å². The fraction of sp³-hybridized carbons (Fsp3) is 0.160. The van der Waals surface area contributed by atoms with Crippen molar-refractivity contribution < 1.29 is 9.18 Å². The Bertz CT molecular complexity index is 1140. The summed E-state index contributed by atoms with van der Waals surface area (Å²) >= 11 is 6.41. The number of Topliss-reactive ketones (excluding diaryl/α,β-unsaturated/α-hetero) is 1. The molecule has 0 amide bonds. The Labute approximate surface area is 179 Å². The first-order chi connectivity index (χ1) is 14.6. The monoisotopic (exact) mass is 418 g/mol. The van der Waals surface area contributed by atoms with Crippen molar-refractivity contribution in [3.05, 3.63) is 106 Å². The molecule has 30 heavy (non-hydrogen) atoms. The molecule has 0 radical (unpaired) electrons. The van der Waals surface area contributed by atoms with Crippen molar-refractivity contribution in [3.63, 3.8) is 0 Å². The predicted molar refractivity (Wildman–Crippen MR) is 118 cm³/mol. The van der Waals surface area contributed by atoms with E-state index in [0.717, 1.165) is 22.6 Å². The summed E-state index contributed by atoms with van der Waals surface area (Å²) < 4.78 is 14.9. The molecule has 0 fully saturated rings. The number of allylic oxidation sites excluding steroid dienone is 1. The molecule has 1 heterocycles. The normalized spacial score (nSPS) is 20.5. The maximum absolute atomic E-state index is 14.9. The number of hydrogen-bond acceptors (Lipinski definition) is 3. The van der Waals surface area contributed by atoms with Gasteiger partial charge in [-0.2, -0.15) is 0 Å². The molecule has 2 N–H and O–H groups in total. The molecule has 150 valence electrons. The minimum atomic E-state index is -0.658. The van der Waals surface area contributed by atoms with E-state index in [1.165, 1.54) is 6.07 Å². The second-order valence-corrected chi connectivity index (χ2v) is 8.12. The number of nitrogens with one attached hydrogen (secondary N) is 2. The SMILES string of the molecule is O=C1C[C@H](c2ccccc2)CC2=C1[C@H](c1c(F)cccc1Cl)Nc1ccccc1N2. The van der Waals surface area contributed by atoms with Crippen LogP contribution in [0.2, 0.25) is 5.02 Å². The van der Waals surface area contributed by atoms with Crippen molar-refractivity contribution in [2.24, 2.45) is 0 Å². The minimum Gasteiger partial charge on any atom is -0.372 e. The van der Waals surface area contributed by atoms with Crippen LogP contribution in [0.5, 0.6) is 0 Å². The van der Waals surface area contributed by atoms with Gasteiger partial charge in [0.1, 0.15) is 5.82 Å². The lowest BCUT2D eigenvalue weighted by Crippen LogP contribution is -2.27. The zero-order valence-corrected chi connectivity index (χ0v) is 16.9. The number of halogens is 2. The molecule has 5 rings (SSSR count). The smallest absolute Gasteiger partial charge is 0.163 e. The molecule has 1 aliphatic carbocycles. The molecule has 2 aliphatic rings. The van der Waals surface area contributed by atoms with Crippen LogP contribution in [0, 0.1) is 5.82 Å². The molecule has 5 heteroatoms. The van der Waals surface area contributed by atoms with Gasteiger partial charge in [-0.25, -0.2) is 4.39 Å². The van der Waals surface area contributed by atoms with Gasteiger partial charge in [-0.05, 0) is 42.2 Å². The molecule has 2 atom stereocenters. The Morgan fingerprint density at radius 1 is 0.867 bits per heavy atom. The molecule has 0 aromatic heterocycles. The second-order valence-electron chi connectivity index (χ2n) is 7.71. The Balaban J connectivity index is 1.66. The van der Waals surface area contributed by atoms with Crippen LogP contribution >= 0.6 is 11.6 Å². The third kappa shape index (κ3) is 3.27. The van der Waals surface area contributed by atoms with Crippen molar-refractivity contribution in [2.75, 3.05) is 10.6 Å². The largest absolute Gasteiger partial charge is 0.372 e. The van der Waals surface area contributed by atoms with Gasteiger partial charge in [0, 0.05) is 28.3 Å².